The first-order chi connectivity index (χ1) is 15.5. The Hall–Kier alpha value is -4.19. The minimum Gasteiger partial charge on any atom is -0.451 e. The van der Waals surface area contributed by atoms with Crippen molar-refractivity contribution in [3.05, 3.63) is 102 Å². The molecule has 1 aromatic heterocycles. The van der Waals surface area contributed by atoms with Crippen LogP contribution in [0.5, 0.6) is 0 Å². The minimum absolute atomic E-state index is 0.245. The number of aryl methyl sites for hydroxylation is 2. The van der Waals surface area contributed by atoms with Crippen molar-refractivity contribution in [1.82, 2.24) is 9.78 Å². The molecule has 1 amide bonds. The molecule has 0 saturated heterocycles. The van der Waals surface area contributed by atoms with Crippen LogP contribution in [0, 0.1) is 13.8 Å². The average Bonchev–Trinajstić information content (AvgIpc) is 3.27. The van der Waals surface area contributed by atoms with Gasteiger partial charge >= 0.3 is 5.97 Å². The first kappa shape index (κ1) is 21.1. The number of carbonyl (C=O) groups excluding carboxylic acids is 2. The third-order valence-corrected chi connectivity index (χ3v) is 5.07. The molecule has 0 bridgehead atoms. The summed E-state index contributed by atoms with van der Waals surface area (Å²) in [5, 5.41) is 7.43. The maximum absolute atomic E-state index is 12.9. The van der Waals surface area contributed by atoms with Gasteiger partial charge in [-0.3, -0.25) is 4.79 Å². The van der Waals surface area contributed by atoms with E-state index in [1.807, 2.05) is 92.7 Å². The molecule has 0 fully saturated rings. The largest absolute Gasteiger partial charge is 0.451 e. The molecule has 3 aromatic carbocycles. The molecule has 160 valence electrons. The zero-order valence-corrected chi connectivity index (χ0v) is 17.9. The predicted octanol–water partition coefficient (Wildman–Crippen LogP) is 4.95. The molecule has 0 aliphatic heterocycles. The molecular weight excluding hydrogens is 402 g/mol. The number of carbonyl (C=O) groups is 2. The van der Waals surface area contributed by atoms with Crippen molar-refractivity contribution in [2.45, 2.75) is 13.8 Å². The number of anilines is 1. The van der Waals surface area contributed by atoms with Crippen molar-refractivity contribution in [3.63, 3.8) is 0 Å². The maximum Gasteiger partial charge on any atom is 0.357 e. The Bertz CT molecular complexity index is 1230. The van der Waals surface area contributed by atoms with Gasteiger partial charge in [0.25, 0.3) is 5.91 Å². The molecule has 6 nitrogen and oxygen atoms in total. The molecule has 0 atom stereocenters. The number of benzene rings is 3. The summed E-state index contributed by atoms with van der Waals surface area (Å²) in [6.45, 7) is 3.43. The lowest BCUT2D eigenvalue weighted by molar-refractivity contribution is -0.119. The highest BCUT2D eigenvalue weighted by Gasteiger charge is 2.20. The highest BCUT2D eigenvalue weighted by atomic mass is 16.5. The monoisotopic (exact) mass is 425 g/mol. The molecule has 1 heterocycles. The lowest BCUT2D eigenvalue weighted by Gasteiger charge is -2.12. The molecule has 0 radical (unpaired) electrons. The first-order valence-electron chi connectivity index (χ1n) is 10.3. The Balaban J connectivity index is 1.55. The number of amides is 1. The van der Waals surface area contributed by atoms with Crippen LogP contribution in [0.15, 0.2) is 84.9 Å². The van der Waals surface area contributed by atoms with Crippen molar-refractivity contribution < 1.29 is 14.3 Å². The molecular formula is C26H23N3O3. The summed E-state index contributed by atoms with van der Waals surface area (Å²) in [7, 11) is 0. The molecule has 4 rings (SSSR count). The summed E-state index contributed by atoms with van der Waals surface area (Å²) < 4.78 is 6.88. The summed E-state index contributed by atoms with van der Waals surface area (Å²) in [6.07, 6.45) is 0. The van der Waals surface area contributed by atoms with Crippen LogP contribution < -0.4 is 5.32 Å². The van der Waals surface area contributed by atoms with E-state index in [0.29, 0.717) is 5.69 Å². The van der Waals surface area contributed by atoms with Gasteiger partial charge < -0.3 is 10.1 Å². The first-order valence-corrected chi connectivity index (χ1v) is 10.3. The van der Waals surface area contributed by atoms with E-state index in [4.69, 9.17) is 4.74 Å². The number of nitrogens with one attached hydrogen (secondary N) is 1. The van der Waals surface area contributed by atoms with Gasteiger partial charge in [0.1, 0.15) is 0 Å². The van der Waals surface area contributed by atoms with Gasteiger partial charge in [-0.25, -0.2) is 9.48 Å². The van der Waals surface area contributed by atoms with E-state index in [1.165, 1.54) is 4.68 Å². The van der Waals surface area contributed by atoms with E-state index in [9.17, 15) is 9.59 Å². The van der Waals surface area contributed by atoms with Crippen LogP contribution >= 0.6 is 0 Å². The van der Waals surface area contributed by atoms with E-state index < -0.39 is 18.5 Å². The number of esters is 1. The van der Waals surface area contributed by atoms with E-state index in [2.05, 4.69) is 10.4 Å². The van der Waals surface area contributed by atoms with E-state index in [1.54, 1.807) is 6.07 Å². The molecule has 1 N–H and O–H groups in total. The summed E-state index contributed by atoms with van der Waals surface area (Å²) in [5.74, 6) is -1.02. The molecule has 6 heteroatoms. The number of hydrogen-bond acceptors (Lipinski definition) is 4. The molecule has 0 unspecified atom stereocenters. The Labute approximate surface area is 186 Å². The Kier molecular flexibility index (Phi) is 6.12. The lowest BCUT2D eigenvalue weighted by atomic mass is 10.1. The van der Waals surface area contributed by atoms with Crippen LogP contribution in [0.4, 0.5) is 5.69 Å². The fraction of sp³-hybridized carbons (Fsp3) is 0.115. The van der Waals surface area contributed by atoms with E-state index in [-0.39, 0.29) is 5.69 Å². The Morgan fingerprint density at radius 2 is 1.50 bits per heavy atom. The van der Waals surface area contributed by atoms with Crippen molar-refractivity contribution >= 4 is 17.6 Å². The second-order valence-electron chi connectivity index (χ2n) is 7.42. The van der Waals surface area contributed by atoms with Gasteiger partial charge in [-0.05, 0) is 43.2 Å². The highest BCUT2D eigenvalue weighted by molar-refractivity contribution is 5.96. The standard InChI is InChI=1S/C26H23N3O3/c1-18-10-9-11-19(2)25(18)27-24(30)17-32-26(31)23-16-22(20-12-5-3-6-13-20)28-29(23)21-14-7-4-8-15-21/h3-16H,17H2,1-2H3,(H,27,30). The third kappa shape index (κ3) is 4.59. The molecule has 0 saturated carbocycles. The van der Waals surface area contributed by atoms with Crippen LogP contribution in [0.3, 0.4) is 0 Å². The SMILES string of the molecule is Cc1cccc(C)c1NC(=O)COC(=O)c1cc(-c2ccccc2)nn1-c1ccccc1. The molecule has 32 heavy (non-hydrogen) atoms. The van der Waals surface area contributed by atoms with E-state index >= 15 is 0 Å². The van der Waals surface area contributed by atoms with Gasteiger partial charge in [0, 0.05) is 11.3 Å². The molecule has 0 aliphatic carbocycles. The summed E-state index contributed by atoms with van der Waals surface area (Å²) in [5.41, 5.74) is 5.11. The van der Waals surface area contributed by atoms with Gasteiger partial charge in [-0.15, -0.1) is 0 Å². The number of hydrogen-bond donors (Lipinski definition) is 1. The normalized spacial score (nSPS) is 10.6. The topological polar surface area (TPSA) is 73.2 Å². The molecule has 0 aliphatic rings. The van der Waals surface area contributed by atoms with Gasteiger partial charge in [0.15, 0.2) is 12.3 Å². The lowest BCUT2D eigenvalue weighted by Crippen LogP contribution is -2.23. The highest BCUT2D eigenvalue weighted by Crippen LogP contribution is 2.23. The van der Waals surface area contributed by atoms with Crippen molar-refractivity contribution in [2.75, 3.05) is 11.9 Å². The number of nitrogens with zero attached hydrogens (tertiary/aromatic N) is 2. The Morgan fingerprint density at radius 1 is 0.875 bits per heavy atom. The van der Waals surface area contributed by atoms with Crippen molar-refractivity contribution in [2.24, 2.45) is 0 Å². The Morgan fingerprint density at radius 3 is 2.16 bits per heavy atom. The number of ether oxygens (including phenoxy) is 1. The number of aromatic nitrogens is 2. The number of rotatable bonds is 6. The smallest absolute Gasteiger partial charge is 0.357 e. The van der Waals surface area contributed by atoms with Gasteiger partial charge in [-0.2, -0.15) is 5.10 Å². The van der Waals surface area contributed by atoms with Crippen molar-refractivity contribution in [3.8, 4) is 16.9 Å². The van der Waals surface area contributed by atoms with Gasteiger partial charge in [0.05, 0.1) is 11.4 Å². The van der Waals surface area contributed by atoms with E-state index in [0.717, 1.165) is 28.1 Å². The summed E-state index contributed by atoms with van der Waals surface area (Å²) >= 11 is 0. The molecule has 4 aromatic rings. The molecule has 0 spiro atoms. The fourth-order valence-corrected chi connectivity index (χ4v) is 3.43. The quantitative estimate of drug-likeness (QED) is 0.444. The zero-order valence-electron chi connectivity index (χ0n) is 17.9. The van der Waals surface area contributed by atoms with Crippen LogP contribution in [0.1, 0.15) is 21.6 Å². The number of para-hydroxylation sites is 2. The maximum atomic E-state index is 12.9. The van der Waals surface area contributed by atoms with Gasteiger partial charge in [0.2, 0.25) is 0 Å². The van der Waals surface area contributed by atoms with Crippen molar-refractivity contribution in [1.29, 1.82) is 0 Å². The summed E-state index contributed by atoms with van der Waals surface area (Å²) in [4.78, 5) is 25.3. The average molecular weight is 425 g/mol. The van der Waals surface area contributed by atoms with Gasteiger partial charge in [-0.1, -0.05) is 66.7 Å². The van der Waals surface area contributed by atoms with Crippen LogP contribution in [-0.4, -0.2) is 28.3 Å². The van der Waals surface area contributed by atoms with Crippen LogP contribution in [-0.2, 0) is 9.53 Å². The summed E-state index contributed by atoms with van der Waals surface area (Å²) in [6, 6.07) is 26.3. The zero-order chi connectivity index (χ0) is 22.5. The fourth-order valence-electron chi connectivity index (χ4n) is 3.43. The second kappa shape index (κ2) is 9.31. The predicted molar refractivity (Wildman–Crippen MR) is 124 cm³/mol. The minimum atomic E-state index is -0.625. The van der Waals surface area contributed by atoms with Crippen LogP contribution in [0.2, 0.25) is 0 Å². The second-order valence-corrected chi connectivity index (χ2v) is 7.42. The van der Waals surface area contributed by atoms with Crippen LogP contribution in [0.25, 0.3) is 16.9 Å². The third-order valence-electron chi connectivity index (χ3n) is 5.07.